The predicted molar refractivity (Wildman–Crippen MR) is 125 cm³/mol. The van der Waals surface area contributed by atoms with Gasteiger partial charge in [0, 0.05) is 50.6 Å². The van der Waals surface area contributed by atoms with Crippen molar-refractivity contribution in [2.24, 2.45) is 0 Å². The number of likely N-dealkylation sites (tertiary alicyclic amines) is 1. The zero-order chi connectivity index (χ0) is 25.2. The number of alkyl halides is 3. The molecule has 1 spiro atoms. The summed E-state index contributed by atoms with van der Waals surface area (Å²) in [5, 5.41) is 2.85. The van der Waals surface area contributed by atoms with E-state index in [-0.39, 0.29) is 18.0 Å². The van der Waals surface area contributed by atoms with Crippen molar-refractivity contribution in [3.05, 3.63) is 70.8 Å². The van der Waals surface area contributed by atoms with Crippen LogP contribution in [-0.2, 0) is 24.0 Å². The summed E-state index contributed by atoms with van der Waals surface area (Å²) in [6, 6.07) is 12.5. The van der Waals surface area contributed by atoms with Crippen LogP contribution in [0.2, 0.25) is 0 Å². The molecule has 0 unspecified atom stereocenters. The van der Waals surface area contributed by atoms with E-state index in [1.54, 1.807) is 17.0 Å². The molecule has 6 nitrogen and oxygen atoms in total. The van der Waals surface area contributed by atoms with Gasteiger partial charge in [0.15, 0.2) is 0 Å². The third kappa shape index (κ3) is 6.14. The first-order valence-electron chi connectivity index (χ1n) is 11.8. The van der Waals surface area contributed by atoms with Crippen LogP contribution < -0.4 is 5.32 Å². The van der Waals surface area contributed by atoms with Crippen LogP contribution in [0, 0.1) is 0 Å². The monoisotopic (exact) mass is 489 g/mol. The first kappa shape index (κ1) is 25.0. The van der Waals surface area contributed by atoms with Crippen LogP contribution in [0.5, 0.6) is 0 Å². The molecule has 188 valence electrons. The first-order valence-corrected chi connectivity index (χ1v) is 11.8. The summed E-state index contributed by atoms with van der Waals surface area (Å²) in [5.41, 5.74) is 1.13. The molecule has 2 heterocycles. The number of benzene rings is 2. The van der Waals surface area contributed by atoms with E-state index >= 15 is 0 Å². The van der Waals surface area contributed by atoms with Crippen molar-refractivity contribution >= 4 is 12.0 Å². The summed E-state index contributed by atoms with van der Waals surface area (Å²) in [4.78, 5) is 28.5. The average molecular weight is 490 g/mol. The van der Waals surface area contributed by atoms with Crippen molar-refractivity contribution in [1.29, 1.82) is 0 Å². The van der Waals surface area contributed by atoms with Crippen molar-refractivity contribution in [3.8, 4) is 0 Å². The molecule has 2 amide bonds. The molecule has 0 bridgehead atoms. The predicted octanol–water partition coefficient (Wildman–Crippen LogP) is 4.83. The van der Waals surface area contributed by atoms with Gasteiger partial charge < -0.3 is 10.1 Å². The van der Waals surface area contributed by atoms with E-state index in [1.807, 2.05) is 26.0 Å². The number of carbonyl (C=O) groups excluding carboxylic acids is 2. The minimum absolute atomic E-state index is 0.0547. The van der Waals surface area contributed by atoms with Gasteiger partial charge in [0.1, 0.15) is 5.60 Å². The van der Waals surface area contributed by atoms with Gasteiger partial charge in [0.05, 0.1) is 12.1 Å². The lowest BCUT2D eigenvalue weighted by molar-refractivity contribution is -0.137. The molecule has 2 fully saturated rings. The first-order chi connectivity index (χ1) is 16.5. The van der Waals surface area contributed by atoms with Gasteiger partial charge in [-0.05, 0) is 49.2 Å². The smallest absolute Gasteiger partial charge is 0.416 e. The highest BCUT2D eigenvalue weighted by Crippen LogP contribution is 2.35. The Morgan fingerprint density at radius 1 is 1.00 bits per heavy atom. The lowest BCUT2D eigenvalue weighted by atomic mass is 9.91. The summed E-state index contributed by atoms with van der Waals surface area (Å²) in [7, 11) is 0. The Morgan fingerprint density at radius 2 is 1.57 bits per heavy atom. The zero-order valence-electron chi connectivity index (χ0n) is 19.9. The maximum Gasteiger partial charge on any atom is 0.416 e. The van der Waals surface area contributed by atoms with Crippen molar-refractivity contribution in [1.82, 2.24) is 15.1 Å². The van der Waals surface area contributed by atoms with Gasteiger partial charge in [-0.25, -0.2) is 4.79 Å². The van der Waals surface area contributed by atoms with Crippen molar-refractivity contribution in [2.45, 2.75) is 57.6 Å². The number of carbonyl (C=O) groups is 2. The number of nitrogens with one attached hydrogen (secondary N) is 1. The number of hydrogen-bond acceptors (Lipinski definition) is 4. The third-order valence-corrected chi connectivity index (χ3v) is 6.51. The highest BCUT2D eigenvalue weighted by Gasteiger charge is 2.46. The maximum atomic E-state index is 12.8. The fourth-order valence-electron chi connectivity index (χ4n) is 4.58. The molecule has 2 aliphatic heterocycles. The van der Waals surface area contributed by atoms with Crippen LogP contribution in [0.3, 0.4) is 0 Å². The standard InChI is InChI=1S/C26H30F3N3O3/c1-18(2)30-23(33)21-7-3-20(4-8-21)16-32-17-25(35-24(32)34)11-13-31(14-12-25)15-19-5-9-22(10-6-19)26(27,28)29/h3-10,18H,11-17H2,1-2H3,(H,30,33). The van der Waals surface area contributed by atoms with E-state index < -0.39 is 17.3 Å². The molecular formula is C26H30F3N3O3. The number of ether oxygens (including phenoxy) is 1. The molecule has 0 radical (unpaired) electrons. The molecule has 4 rings (SSSR count). The average Bonchev–Trinajstić information content (AvgIpc) is 3.09. The SMILES string of the molecule is CC(C)NC(=O)c1ccc(CN2CC3(CCN(Cc4ccc(C(F)(F)F)cc4)CC3)OC2=O)cc1. The maximum absolute atomic E-state index is 12.8. The molecule has 2 saturated heterocycles. The second-order valence-electron chi connectivity index (χ2n) is 9.70. The molecule has 0 aliphatic carbocycles. The van der Waals surface area contributed by atoms with Crippen molar-refractivity contribution in [3.63, 3.8) is 0 Å². The number of hydrogen-bond donors (Lipinski definition) is 1. The Bertz CT molecular complexity index is 1040. The summed E-state index contributed by atoms with van der Waals surface area (Å²) >= 11 is 0. The highest BCUT2D eigenvalue weighted by atomic mass is 19.4. The van der Waals surface area contributed by atoms with E-state index in [1.165, 1.54) is 12.1 Å². The second-order valence-corrected chi connectivity index (χ2v) is 9.70. The zero-order valence-corrected chi connectivity index (χ0v) is 19.9. The van der Waals surface area contributed by atoms with Crippen LogP contribution in [0.4, 0.5) is 18.0 Å². The van der Waals surface area contributed by atoms with Crippen LogP contribution in [0.15, 0.2) is 48.5 Å². The van der Waals surface area contributed by atoms with Gasteiger partial charge in [-0.3, -0.25) is 14.6 Å². The summed E-state index contributed by atoms with van der Waals surface area (Å²) in [6.07, 6.45) is -3.34. The van der Waals surface area contributed by atoms with Gasteiger partial charge in [0.2, 0.25) is 0 Å². The van der Waals surface area contributed by atoms with Crippen LogP contribution in [0.1, 0.15) is 53.7 Å². The van der Waals surface area contributed by atoms with Gasteiger partial charge >= 0.3 is 12.3 Å². The normalized spacial score (nSPS) is 18.2. The molecule has 2 aromatic carbocycles. The van der Waals surface area contributed by atoms with Gasteiger partial charge in [-0.15, -0.1) is 0 Å². The highest BCUT2D eigenvalue weighted by molar-refractivity contribution is 5.94. The lowest BCUT2D eigenvalue weighted by Gasteiger charge is -2.37. The number of piperidine rings is 1. The van der Waals surface area contributed by atoms with Gasteiger partial charge in [0.25, 0.3) is 5.91 Å². The molecule has 1 N–H and O–H groups in total. The summed E-state index contributed by atoms with van der Waals surface area (Å²) < 4.78 is 44.1. The number of halogens is 3. The molecule has 0 atom stereocenters. The topological polar surface area (TPSA) is 61.9 Å². The van der Waals surface area contributed by atoms with Crippen LogP contribution in [-0.4, -0.2) is 53.1 Å². The van der Waals surface area contributed by atoms with Crippen molar-refractivity contribution < 1.29 is 27.5 Å². The minimum Gasteiger partial charge on any atom is -0.441 e. The molecule has 0 aromatic heterocycles. The van der Waals surface area contributed by atoms with E-state index in [9.17, 15) is 22.8 Å². The Balaban J connectivity index is 1.29. The molecule has 0 saturated carbocycles. The fraction of sp³-hybridized carbons (Fsp3) is 0.462. The lowest BCUT2D eigenvalue weighted by Crippen LogP contribution is -2.46. The van der Waals surface area contributed by atoms with E-state index in [0.717, 1.165) is 23.3 Å². The largest absolute Gasteiger partial charge is 0.441 e. The Kier molecular flexibility index (Phi) is 7.07. The quantitative estimate of drug-likeness (QED) is 0.632. The molecule has 35 heavy (non-hydrogen) atoms. The number of rotatable bonds is 6. The number of nitrogens with zero attached hydrogens (tertiary/aromatic N) is 2. The van der Waals surface area contributed by atoms with Crippen LogP contribution in [0.25, 0.3) is 0 Å². The number of amides is 2. The molecule has 2 aliphatic rings. The Morgan fingerprint density at radius 3 is 2.14 bits per heavy atom. The molecular weight excluding hydrogens is 459 g/mol. The molecule has 2 aromatic rings. The second kappa shape index (κ2) is 9.89. The Hall–Kier alpha value is -3.07. The Labute approximate surface area is 203 Å². The van der Waals surface area contributed by atoms with Crippen LogP contribution >= 0.6 is 0 Å². The van der Waals surface area contributed by atoms with Gasteiger partial charge in [-0.2, -0.15) is 13.2 Å². The van der Waals surface area contributed by atoms with E-state index in [2.05, 4.69) is 10.2 Å². The minimum atomic E-state index is -4.33. The summed E-state index contributed by atoms with van der Waals surface area (Å²) in [5.74, 6) is -0.130. The summed E-state index contributed by atoms with van der Waals surface area (Å²) in [6.45, 7) is 6.66. The third-order valence-electron chi connectivity index (χ3n) is 6.51. The van der Waals surface area contributed by atoms with E-state index in [4.69, 9.17) is 4.74 Å². The molecule has 9 heteroatoms. The fourth-order valence-corrected chi connectivity index (χ4v) is 4.58. The van der Waals surface area contributed by atoms with Crippen molar-refractivity contribution in [2.75, 3.05) is 19.6 Å². The van der Waals surface area contributed by atoms with Gasteiger partial charge in [-0.1, -0.05) is 24.3 Å². The van der Waals surface area contributed by atoms with E-state index in [0.29, 0.717) is 51.1 Å².